The minimum Gasteiger partial charge on any atom is -0.496 e. The molecule has 0 spiro atoms. The van der Waals surface area contributed by atoms with Crippen LogP contribution in [0.25, 0.3) is 16.7 Å². The highest BCUT2D eigenvalue weighted by molar-refractivity contribution is 5.88. The third-order valence-electron chi connectivity index (χ3n) is 6.15. The second-order valence-electron chi connectivity index (χ2n) is 9.32. The van der Waals surface area contributed by atoms with Crippen LogP contribution in [-0.4, -0.2) is 23.7 Å². The summed E-state index contributed by atoms with van der Waals surface area (Å²) in [4.78, 5) is 11.1. The van der Waals surface area contributed by atoms with E-state index < -0.39 is 5.97 Å². The van der Waals surface area contributed by atoms with E-state index in [9.17, 15) is 9.18 Å². The normalized spacial score (nSPS) is 13.9. The molecule has 0 radical (unpaired) electrons. The van der Waals surface area contributed by atoms with Crippen molar-refractivity contribution in [1.29, 1.82) is 0 Å². The highest BCUT2D eigenvalue weighted by atomic mass is 19.1. The third kappa shape index (κ3) is 5.32. The lowest BCUT2D eigenvalue weighted by molar-refractivity contribution is -0.136. The van der Waals surface area contributed by atoms with Gasteiger partial charge in [0, 0.05) is 34.9 Å². The fourth-order valence-corrected chi connectivity index (χ4v) is 4.73. The maximum Gasteiger partial charge on any atom is 0.303 e. The molecule has 0 unspecified atom stereocenters. The highest BCUT2D eigenvalue weighted by Gasteiger charge is 2.27. The van der Waals surface area contributed by atoms with Crippen molar-refractivity contribution in [2.75, 3.05) is 12.4 Å². The quantitative estimate of drug-likeness (QED) is 0.379. The van der Waals surface area contributed by atoms with Crippen LogP contribution in [0.1, 0.15) is 43.9 Å². The van der Waals surface area contributed by atoms with Gasteiger partial charge >= 0.3 is 5.97 Å². The van der Waals surface area contributed by atoms with Crippen LogP contribution in [0.2, 0.25) is 0 Å². The van der Waals surface area contributed by atoms with Crippen molar-refractivity contribution in [2.24, 2.45) is 0 Å². The fourth-order valence-electron chi connectivity index (χ4n) is 4.73. The lowest BCUT2D eigenvalue weighted by atomic mass is 9.85. The number of ether oxygens (including phenoxy) is 2. The predicted molar refractivity (Wildman–Crippen MR) is 136 cm³/mol. The molecule has 0 aliphatic carbocycles. The van der Waals surface area contributed by atoms with Crippen LogP contribution in [0.4, 0.5) is 10.1 Å². The molecule has 0 atom stereocenters. The van der Waals surface area contributed by atoms with Gasteiger partial charge in [0.1, 0.15) is 23.9 Å². The van der Waals surface area contributed by atoms with Gasteiger partial charge in [0.25, 0.3) is 0 Å². The zero-order chi connectivity index (χ0) is 25.2. The van der Waals surface area contributed by atoms with Crippen LogP contribution in [0.5, 0.6) is 11.5 Å². The van der Waals surface area contributed by atoms with E-state index in [1.807, 2.05) is 36.4 Å². The number of nitrogens with one attached hydrogen (secondary N) is 1. The van der Waals surface area contributed by atoms with Gasteiger partial charge in [-0.1, -0.05) is 30.3 Å². The number of para-hydroxylation sites is 1. The summed E-state index contributed by atoms with van der Waals surface area (Å²) in [5.41, 5.74) is 6.39. The number of rotatable bonds is 8. The Morgan fingerprint density at radius 2 is 1.80 bits per heavy atom. The number of hydrogen-bond acceptors (Lipinski definition) is 4. The topological polar surface area (TPSA) is 67.8 Å². The van der Waals surface area contributed by atoms with Crippen molar-refractivity contribution >= 4 is 17.2 Å². The number of carbonyl (C=O) groups is 1. The molecule has 1 aliphatic heterocycles. The Labute approximate surface area is 205 Å². The van der Waals surface area contributed by atoms with Gasteiger partial charge in [-0.2, -0.15) is 0 Å². The number of aryl methyl sites for hydroxylation is 1. The average molecular weight is 476 g/mol. The first-order chi connectivity index (χ1) is 16.7. The van der Waals surface area contributed by atoms with Gasteiger partial charge in [-0.3, -0.25) is 4.79 Å². The molecule has 1 heterocycles. The zero-order valence-electron chi connectivity index (χ0n) is 20.4. The second-order valence-corrected chi connectivity index (χ2v) is 9.32. The Hall–Kier alpha value is -3.80. The molecule has 0 aromatic heterocycles. The molecule has 0 amide bonds. The summed E-state index contributed by atoms with van der Waals surface area (Å²) in [6.45, 7) is 6.56. The van der Waals surface area contributed by atoms with E-state index >= 15 is 0 Å². The van der Waals surface area contributed by atoms with Crippen LogP contribution in [0, 0.1) is 5.82 Å². The van der Waals surface area contributed by atoms with Gasteiger partial charge in [-0.25, -0.2) is 4.39 Å². The zero-order valence-corrected chi connectivity index (χ0v) is 20.4. The minimum atomic E-state index is -0.850. The van der Waals surface area contributed by atoms with E-state index in [1.165, 1.54) is 19.2 Å². The number of methoxy groups -OCH3 is 1. The van der Waals surface area contributed by atoms with Crippen molar-refractivity contribution in [3.05, 3.63) is 83.2 Å². The second kappa shape index (κ2) is 9.82. The Bertz CT molecular complexity index is 1300. The van der Waals surface area contributed by atoms with Crippen LogP contribution in [0.15, 0.2) is 60.7 Å². The van der Waals surface area contributed by atoms with Gasteiger partial charge in [0.15, 0.2) is 0 Å². The summed E-state index contributed by atoms with van der Waals surface area (Å²) in [5.74, 6) is -0.127. The lowest BCUT2D eigenvalue weighted by Gasteiger charge is -2.33. The van der Waals surface area contributed by atoms with E-state index in [0.717, 1.165) is 39.1 Å². The summed E-state index contributed by atoms with van der Waals surface area (Å²) < 4.78 is 25.8. The van der Waals surface area contributed by atoms with Crippen LogP contribution < -0.4 is 14.8 Å². The Morgan fingerprint density at radius 3 is 2.54 bits per heavy atom. The van der Waals surface area contributed by atoms with Crippen molar-refractivity contribution in [2.45, 2.75) is 45.8 Å². The molecule has 0 bridgehead atoms. The standard InChI is InChI=1S/C29H30FNO4/c1-18-16-29(2,3)31-24-13-12-21(22-11-10-20(30)15-26(22)34-4)23(28(18)24)17-35-25-8-6-5-7-19(25)9-14-27(32)33/h5-8,10-13,15-16,31H,9,14,17H2,1-4H3,(H,32,33). The predicted octanol–water partition coefficient (Wildman–Crippen LogP) is 6.70. The van der Waals surface area contributed by atoms with Gasteiger partial charge < -0.3 is 19.9 Å². The van der Waals surface area contributed by atoms with Crippen molar-refractivity contribution < 1.29 is 23.8 Å². The van der Waals surface area contributed by atoms with Gasteiger partial charge in [-0.05, 0) is 68.2 Å². The van der Waals surface area contributed by atoms with E-state index in [-0.39, 0.29) is 24.4 Å². The molecular weight excluding hydrogens is 445 g/mol. The molecule has 0 saturated carbocycles. The molecule has 182 valence electrons. The van der Waals surface area contributed by atoms with E-state index in [4.69, 9.17) is 14.6 Å². The number of benzene rings is 3. The molecule has 3 aromatic carbocycles. The van der Waals surface area contributed by atoms with Crippen molar-refractivity contribution in [3.63, 3.8) is 0 Å². The maximum atomic E-state index is 13.9. The molecule has 3 aromatic rings. The summed E-state index contributed by atoms with van der Waals surface area (Å²) in [7, 11) is 1.53. The molecule has 35 heavy (non-hydrogen) atoms. The van der Waals surface area contributed by atoms with Gasteiger partial charge in [-0.15, -0.1) is 0 Å². The number of carboxylic acid groups (broad SMARTS) is 1. The Balaban J connectivity index is 1.81. The molecule has 4 rings (SSSR count). The van der Waals surface area contributed by atoms with E-state index in [2.05, 4.69) is 32.2 Å². The Kier molecular flexibility index (Phi) is 6.83. The molecule has 1 aliphatic rings. The SMILES string of the molecule is COc1cc(F)ccc1-c1ccc2c(c1COc1ccccc1CCC(=O)O)C(C)=CC(C)(C)N2. The van der Waals surface area contributed by atoms with Gasteiger partial charge in [0.05, 0.1) is 12.6 Å². The first-order valence-electron chi connectivity index (χ1n) is 11.6. The van der Waals surface area contributed by atoms with Gasteiger partial charge in [0.2, 0.25) is 0 Å². The molecule has 6 heteroatoms. The van der Waals surface area contributed by atoms with E-state index in [0.29, 0.717) is 17.9 Å². The molecule has 2 N–H and O–H groups in total. The first kappa shape index (κ1) is 24.3. The number of fused-ring (bicyclic) bond motifs is 1. The largest absolute Gasteiger partial charge is 0.496 e. The molecule has 0 saturated heterocycles. The first-order valence-corrected chi connectivity index (χ1v) is 11.6. The van der Waals surface area contributed by atoms with Crippen LogP contribution >= 0.6 is 0 Å². The third-order valence-corrected chi connectivity index (χ3v) is 6.15. The molecular formula is C29H30FNO4. The number of halogens is 1. The summed E-state index contributed by atoms with van der Waals surface area (Å²) >= 11 is 0. The number of hydrogen-bond donors (Lipinski definition) is 2. The number of allylic oxidation sites excluding steroid dienone is 1. The lowest BCUT2D eigenvalue weighted by Crippen LogP contribution is -2.32. The van der Waals surface area contributed by atoms with Crippen molar-refractivity contribution in [3.8, 4) is 22.6 Å². The maximum absolute atomic E-state index is 13.9. The smallest absolute Gasteiger partial charge is 0.303 e. The minimum absolute atomic E-state index is 0.0278. The number of anilines is 1. The van der Waals surface area contributed by atoms with E-state index in [1.54, 1.807) is 6.07 Å². The summed E-state index contributed by atoms with van der Waals surface area (Å²) in [5, 5.41) is 12.7. The fraction of sp³-hybridized carbons (Fsp3) is 0.276. The average Bonchev–Trinajstić information content (AvgIpc) is 2.80. The summed E-state index contributed by atoms with van der Waals surface area (Å²) in [6.07, 6.45) is 2.59. The number of carboxylic acids is 1. The highest BCUT2D eigenvalue weighted by Crippen LogP contribution is 2.43. The summed E-state index contributed by atoms with van der Waals surface area (Å²) in [6, 6.07) is 16.1. The Morgan fingerprint density at radius 1 is 1.06 bits per heavy atom. The van der Waals surface area contributed by atoms with Crippen molar-refractivity contribution in [1.82, 2.24) is 0 Å². The van der Waals surface area contributed by atoms with Crippen LogP contribution in [0.3, 0.4) is 0 Å². The molecule has 0 fully saturated rings. The van der Waals surface area contributed by atoms with Crippen LogP contribution in [-0.2, 0) is 17.8 Å². The monoisotopic (exact) mass is 475 g/mol. The number of aliphatic carboxylic acids is 1. The molecule has 5 nitrogen and oxygen atoms in total.